The Labute approximate surface area is 179 Å². The molecule has 0 saturated carbocycles. The van der Waals surface area contributed by atoms with Crippen LogP contribution in [0.2, 0.25) is 15.1 Å². The van der Waals surface area contributed by atoms with Gasteiger partial charge in [-0.3, -0.25) is 25.8 Å². The molecule has 0 aliphatic heterocycles. The predicted octanol–water partition coefficient (Wildman–Crippen LogP) is 4.85. The second kappa shape index (κ2) is 8.91. The molecule has 148 valence electrons. The Morgan fingerprint density at radius 2 is 1.62 bits per heavy atom. The summed E-state index contributed by atoms with van der Waals surface area (Å²) >= 11 is 17.6. The summed E-state index contributed by atoms with van der Waals surface area (Å²) in [7, 11) is 0. The van der Waals surface area contributed by atoms with Crippen molar-refractivity contribution in [1.82, 2.24) is 15.4 Å². The number of halogens is 3. The second-order valence-corrected chi connectivity index (χ2v) is 6.79. The summed E-state index contributed by atoms with van der Waals surface area (Å²) in [5.74, 6) is -0.930. The summed E-state index contributed by atoms with van der Waals surface area (Å²) in [6.07, 6.45) is 1.11. The number of carbonyl (C=O) groups excluding carboxylic acids is 1. The standard InChI is InChI=1S/C17H11Cl3N6O3/c18-9-1-4-11(5-2-9)23-15-14(26(28)29)16(22-8-21-15)24-25-17(27)12-6-3-10(19)7-13(12)20/h1-8H,(H,25,27)(H2,21,22,23,24). The van der Waals surface area contributed by atoms with Crippen molar-refractivity contribution < 1.29 is 9.72 Å². The van der Waals surface area contributed by atoms with Crippen molar-refractivity contribution in [2.75, 3.05) is 10.7 Å². The SMILES string of the molecule is O=C(NNc1ncnc(Nc2ccc(Cl)cc2)c1[N+](=O)[O-])c1ccc(Cl)cc1Cl. The van der Waals surface area contributed by atoms with E-state index in [9.17, 15) is 14.9 Å². The minimum Gasteiger partial charge on any atom is -0.334 e. The van der Waals surface area contributed by atoms with E-state index >= 15 is 0 Å². The van der Waals surface area contributed by atoms with E-state index in [0.29, 0.717) is 15.7 Å². The first-order valence-electron chi connectivity index (χ1n) is 7.88. The number of nitrogens with zero attached hydrogens (tertiary/aromatic N) is 3. The van der Waals surface area contributed by atoms with Gasteiger partial charge in [0.1, 0.15) is 6.33 Å². The highest BCUT2D eigenvalue weighted by Gasteiger charge is 2.24. The average molecular weight is 454 g/mol. The molecule has 3 N–H and O–H groups in total. The molecule has 0 bridgehead atoms. The second-order valence-electron chi connectivity index (χ2n) is 5.51. The van der Waals surface area contributed by atoms with Gasteiger partial charge >= 0.3 is 5.69 Å². The summed E-state index contributed by atoms with van der Waals surface area (Å²) in [4.78, 5) is 30.9. The quantitative estimate of drug-likeness (QED) is 0.360. The lowest BCUT2D eigenvalue weighted by Crippen LogP contribution is -2.30. The van der Waals surface area contributed by atoms with Crippen LogP contribution in [0.4, 0.5) is 23.0 Å². The molecule has 1 heterocycles. The number of carbonyl (C=O) groups is 1. The number of nitrogens with one attached hydrogen (secondary N) is 3. The molecule has 0 aliphatic rings. The Bertz CT molecular complexity index is 1080. The van der Waals surface area contributed by atoms with Crippen molar-refractivity contribution in [1.29, 1.82) is 0 Å². The van der Waals surface area contributed by atoms with E-state index in [-0.39, 0.29) is 22.2 Å². The van der Waals surface area contributed by atoms with Crippen molar-refractivity contribution >= 4 is 63.7 Å². The summed E-state index contributed by atoms with van der Waals surface area (Å²) in [6, 6.07) is 10.8. The molecule has 0 atom stereocenters. The van der Waals surface area contributed by atoms with Crippen LogP contribution in [-0.4, -0.2) is 20.8 Å². The average Bonchev–Trinajstić information content (AvgIpc) is 2.67. The van der Waals surface area contributed by atoms with E-state index in [4.69, 9.17) is 34.8 Å². The third-order valence-electron chi connectivity index (χ3n) is 3.58. The Morgan fingerprint density at radius 3 is 2.28 bits per heavy atom. The number of hydrogen-bond donors (Lipinski definition) is 3. The largest absolute Gasteiger partial charge is 0.355 e. The van der Waals surface area contributed by atoms with E-state index in [2.05, 4.69) is 26.1 Å². The van der Waals surface area contributed by atoms with E-state index in [1.807, 2.05) is 0 Å². The first kappa shape index (κ1) is 20.6. The number of nitro groups is 1. The highest BCUT2D eigenvalue weighted by Crippen LogP contribution is 2.31. The highest BCUT2D eigenvalue weighted by molar-refractivity contribution is 6.36. The van der Waals surface area contributed by atoms with Gasteiger partial charge in [-0.1, -0.05) is 34.8 Å². The van der Waals surface area contributed by atoms with E-state index in [1.54, 1.807) is 24.3 Å². The van der Waals surface area contributed by atoms with Crippen molar-refractivity contribution in [3.05, 3.63) is 79.5 Å². The molecular formula is C17H11Cl3N6O3. The van der Waals surface area contributed by atoms with Crippen LogP contribution in [-0.2, 0) is 0 Å². The smallest absolute Gasteiger partial charge is 0.334 e. The van der Waals surface area contributed by atoms with Gasteiger partial charge < -0.3 is 5.32 Å². The molecule has 1 amide bonds. The lowest BCUT2D eigenvalue weighted by molar-refractivity contribution is -0.383. The molecule has 3 aromatic rings. The predicted molar refractivity (Wildman–Crippen MR) is 111 cm³/mol. The fourth-order valence-electron chi connectivity index (χ4n) is 2.26. The Kier molecular flexibility index (Phi) is 6.32. The summed E-state index contributed by atoms with van der Waals surface area (Å²) in [5.41, 5.74) is 4.92. The fourth-order valence-corrected chi connectivity index (χ4v) is 2.88. The van der Waals surface area contributed by atoms with Crippen molar-refractivity contribution in [2.24, 2.45) is 0 Å². The molecule has 2 aromatic carbocycles. The van der Waals surface area contributed by atoms with Gasteiger partial charge in [-0.25, -0.2) is 9.97 Å². The summed E-state index contributed by atoms with van der Waals surface area (Å²) < 4.78 is 0. The first-order valence-corrected chi connectivity index (χ1v) is 9.02. The maximum absolute atomic E-state index is 12.3. The number of hydrogen-bond acceptors (Lipinski definition) is 7. The maximum Gasteiger partial charge on any atom is 0.355 e. The first-order chi connectivity index (χ1) is 13.8. The van der Waals surface area contributed by atoms with E-state index < -0.39 is 16.5 Å². The van der Waals surface area contributed by atoms with Crippen molar-refractivity contribution in [3.63, 3.8) is 0 Å². The number of rotatable bonds is 6. The van der Waals surface area contributed by atoms with Crippen LogP contribution in [0, 0.1) is 10.1 Å². The molecule has 9 nitrogen and oxygen atoms in total. The molecule has 0 saturated heterocycles. The lowest BCUT2D eigenvalue weighted by Gasteiger charge is -2.11. The number of aromatic nitrogens is 2. The summed E-state index contributed by atoms with van der Waals surface area (Å²) in [5, 5.41) is 15.4. The molecule has 0 fully saturated rings. The van der Waals surface area contributed by atoms with Crippen LogP contribution in [0.25, 0.3) is 0 Å². The van der Waals surface area contributed by atoms with Gasteiger partial charge in [0.05, 0.1) is 15.5 Å². The van der Waals surface area contributed by atoms with Gasteiger partial charge in [0.2, 0.25) is 11.6 Å². The van der Waals surface area contributed by atoms with Gasteiger partial charge in [0.15, 0.2) is 0 Å². The number of amides is 1. The molecule has 29 heavy (non-hydrogen) atoms. The van der Waals surface area contributed by atoms with Gasteiger partial charge in [-0.2, -0.15) is 0 Å². The molecule has 0 aliphatic carbocycles. The molecule has 0 unspecified atom stereocenters. The minimum atomic E-state index is -0.679. The van der Waals surface area contributed by atoms with Crippen molar-refractivity contribution in [2.45, 2.75) is 0 Å². The highest BCUT2D eigenvalue weighted by atomic mass is 35.5. The topological polar surface area (TPSA) is 122 Å². The minimum absolute atomic E-state index is 0.0754. The summed E-state index contributed by atoms with van der Waals surface area (Å²) in [6.45, 7) is 0. The van der Waals surface area contributed by atoms with Gasteiger partial charge in [-0.15, -0.1) is 0 Å². The zero-order valence-corrected chi connectivity index (χ0v) is 16.6. The normalized spacial score (nSPS) is 10.3. The van der Waals surface area contributed by atoms with Gasteiger partial charge in [-0.05, 0) is 42.5 Å². The zero-order valence-electron chi connectivity index (χ0n) is 14.3. The van der Waals surface area contributed by atoms with Gasteiger partial charge in [0.25, 0.3) is 5.91 Å². The molecule has 12 heteroatoms. The van der Waals surface area contributed by atoms with Crippen LogP contribution >= 0.6 is 34.8 Å². The van der Waals surface area contributed by atoms with Crippen LogP contribution < -0.4 is 16.2 Å². The number of anilines is 3. The monoisotopic (exact) mass is 452 g/mol. The third-order valence-corrected chi connectivity index (χ3v) is 4.38. The Balaban J connectivity index is 1.82. The maximum atomic E-state index is 12.3. The fraction of sp³-hybridized carbons (Fsp3) is 0. The van der Waals surface area contributed by atoms with Crippen LogP contribution in [0.3, 0.4) is 0 Å². The van der Waals surface area contributed by atoms with Crippen molar-refractivity contribution in [3.8, 4) is 0 Å². The zero-order chi connectivity index (χ0) is 21.0. The Morgan fingerprint density at radius 1 is 0.966 bits per heavy atom. The van der Waals surface area contributed by atoms with E-state index in [1.165, 1.54) is 18.2 Å². The van der Waals surface area contributed by atoms with E-state index in [0.717, 1.165) is 6.33 Å². The van der Waals surface area contributed by atoms with Crippen LogP contribution in [0.5, 0.6) is 0 Å². The number of hydrazine groups is 1. The molecular weight excluding hydrogens is 443 g/mol. The Hall–Kier alpha value is -3.14. The number of benzene rings is 2. The lowest BCUT2D eigenvalue weighted by atomic mass is 10.2. The van der Waals surface area contributed by atoms with Crippen LogP contribution in [0.1, 0.15) is 10.4 Å². The third kappa shape index (κ3) is 5.02. The van der Waals surface area contributed by atoms with Gasteiger partial charge in [0, 0.05) is 15.7 Å². The molecule has 0 radical (unpaired) electrons. The molecule has 0 spiro atoms. The van der Waals surface area contributed by atoms with Crippen LogP contribution in [0.15, 0.2) is 48.8 Å². The molecule has 1 aromatic heterocycles. The molecule has 3 rings (SSSR count).